The monoisotopic (exact) mass is 268 g/mol. The van der Waals surface area contributed by atoms with Crippen LogP contribution in [0.4, 0.5) is 0 Å². The molecule has 1 saturated heterocycles. The van der Waals surface area contributed by atoms with Crippen LogP contribution in [-0.2, 0) is 11.3 Å². The number of hydrogen-bond acceptors (Lipinski definition) is 3. The largest absolute Gasteiger partial charge is 0.480 e. The molecule has 1 heterocycles. The Hall–Kier alpha value is -1.10. The number of rotatable bonds is 5. The van der Waals surface area contributed by atoms with Crippen molar-refractivity contribution in [2.45, 2.75) is 19.0 Å². The highest BCUT2D eigenvalue weighted by molar-refractivity contribution is 6.31. The topological polar surface area (TPSA) is 52.6 Å². The van der Waals surface area contributed by atoms with Crippen LogP contribution < -0.4 is 5.32 Å². The average Bonchev–Trinajstić information content (AvgIpc) is 2.77. The number of aliphatic carboxylic acids is 1. The number of halogens is 1. The van der Waals surface area contributed by atoms with Gasteiger partial charge in [0, 0.05) is 30.7 Å². The van der Waals surface area contributed by atoms with Crippen LogP contribution in [0.25, 0.3) is 0 Å². The number of nitrogens with zero attached hydrogens (tertiary/aromatic N) is 1. The Morgan fingerprint density at radius 2 is 2.28 bits per heavy atom. The normalized spacial score (nSPS) is 20.2. The fourth-order valence-corrected chi connectivity index (χ4v) is 2.44. The first-order valence-corrected chi connectivity index (χ1v) is 6.44. The Morgan fingerprint density at radius 1 is 1.50 bits per heavy atom. The van der Waals surface area contributed by atoms with E-state index < -0.39 is 5.97 Å². The lowest BCUT2D eigenvalue weighted by atomic mass is 10.2. The van der Waals surface area contributed by atoms with Gasteiger partial charge in [0.25, 0.3) is 0 Å². The van der Waals surface area contributed by atoms with Crippen LogP contribution in [0, 0.1) is 0 Å². The van der Waals surface area contributed by atoms with Crippen molar-refractivity contribution < 1.29 is 9.90 Å². The molecule has 4 nitrogen and oxygen atoms in total. The first-order valence-electron chi connectivity index (χ1n) is 6.06. The van der Waals surface area contributed by atoms with Crippen LogP contribution in [-0.4, -0.2) is 41.7 Å². The van der Waals surface area contributed by atoms with Crippen molar-refractivity contribution in [2.75, 3.05) is 19.6 Å². The predicted molar refractivity (Wildman–Crippen MR) is 70.8 cm³/mol. The molecule has 1 atom stereocenters. The van der Waals surface area contributed by atoms with Gasteiger partial charge in [0.1, 0.15) is 0 Å². The van der Waals surface area contributed by atoms with Gasteiger partial charge in [-0.15, -0.1) is 0 Å². The lowest BCUT2D eigenvalue weighted by Gasteiger charge is -2.17. The maximum atomic E-state index is 10.5. The van der Waals surface area contributed by atoms with Gasteiger partial charge in [-0.2, -0.15) is 0 Å². The molecule has 1 unspecified atom stereocenters. The molecule has 1 aliphatic rings. The molecule has 1 aliphatic heterocycles. The first-order chi connectivity index (χ1) is 8.65. The molecule has 0 aromatic heterocycles. The van der Waals surface area contributed by atoms with Gasteiger partial charge in [-0.1, -0.05) is 29.8 Å². The van der Waals surface area contributed by atoms with Crippen molar-refractivity contribution in [3.63, 3.8) is 0 Å². The van der Waals surface area contributed by atoms with E-state index in [-0.39, 0.29) is 12.6 Å². The molecule has 0 amide bonds. The Morgan fingerprint density at radius 3 is 3.00 bits per heavy atom. The van der Waals surface area contributed by atoms with E-state index in [0.29, 0.717) is 0 Å². The van der Waals surface area contributed by atoms with E-state index in [1.807, 2.05) is 24.3 Å². The number of nitrogens with one attached hydrogen (secondary N) is 1. The minimum absolute atomic E-state index is 0.0323. The number of carboxylic acids is 1. The van der Waals surface area contributed by atoms with Gasteiger partial charge in [-0.05, 0) is 18.1 Å². The van der Waals surface area contributed by atoms with Gasteiger partial charge in [-0.3, -0.25) is 9.69 Å². The Balaban J connectivity index is 1.83. The van der Waals surface area contributed by atoms with Gasteiger partial charge in [0.15, 0.2) is 0 Å². The molecule has 18 heavy (non-hydrogen) atoms. The highest BCUT2D eigenvalue weighted by Crippen LogP contribution is 2.19. The molecular formula is C13H17ClN2O2. The van der Waals surface area contributed by atoms with Crippen LogP contribution >= 0.6 is 11.6 Å². The number of benzene rings is 1. The van der Waals surface area contributed by atoms with E-state index in [0.717, 1.165) is 36.6 Å². The molecular weight excluding hydrogens is 252 g/mol. The van der Waals surface area contributed by atoms with E-state index in [9.17, 15) is 4.79 Å². The smallest absolute Gasteiger partial charge is 0.317 e. The average molecular weight is 269 g/mol. The van der Waals surface area contributed by atoms with Crippen molar-refractivity contribution in [3.8, 4) is 0 Å². The molecule has 0 radical (unpaired) electrons. The van der Waals surface area contributed by atoms with E-state index >= 15 is 0 Å². The van der Waals surface area contributed by atoms with Crippen LogP contribution in [0.3, 0.4) is 0 Å². The second-order valence-electron chi connectivity index (χ2n) is 4.59. The molecule has 0 saturated carbocycles. The SMILES string of the molecule is O=C(O)CNC1CCN(Cc2ccccc2Cl)C1. The van der Waals surface area contributed by atoms with Gasteiger partial charge in [0.05, 0.1) is 6.54 Å². The molecule has 1 fully saturated rings. The third-order valence-corrected chi connectivity index (χ3v) is 3.53. The molecule has 0 aliphatic carbocycles. The summed E-state index contributed by atoms with van der Waals surface area (Å²) in [5.41, 5.74) is 1.12. The third kappa shape index (κ3) is 3.70. The quantitative estimate of drug-likeness (QED) is 0.852. The van der Waals surface area contributed by atoms with Gasteiger partial charge in [-0.25, -0.2) is 0 Å². The molecule has 2 N–H and O–H groups in total. The second kappa shape index (κ2) is 6.18. The lowest BCUT2D eigenvalue weighted by molar-refractivity contribution is -0.136. The summed E-state index contributed by atoms with van der Waals surface area (Å²) >= 11 is 6.12. The van der Waals surface area contributed by atoms with E-state index in [2.05, 4.69) is 10.2 Å². The highest BCUT2D eigenvalue weighted by Gasteiger charge is 2.22. The maximum Gasteiger partial charge on any atom is 0.317 e. The number of likely N-dealkylation sites (tertiary alicyclic amines) is 1. The van der Waals surface area contributed by atoms with E-state index in [4.69, 9.17) is 16.7 Å². The summed E-state index contributed by atoms with van der Waals surface area (Å²) < 4.78 is 0. The standard InChI is InChI=1S/C13H17ClN2O2/c14-12-4-2-1-3-10(12)8-16-6-5-11(9-16)15-7-13(17)18/h1-4,11,15H,5-9H2,(H,17,18). The van der Waals surface area contributed by atoms with Crippen molar-refractivity contribution in [1.82, 2.24) is 10.2 Å². The van der Waals surface area contributed by atoms with Crippen LogP contribution in [0.15, 0.2) is 24.3 Å². The Kier molecular flexibility index (Phi) is 4.58. The zero-order chi connectivity index (χ0) is 13.0. The number of carboxylic acid groups (broad SMARTS) is 1. The van der Waals surface area contributed by atoms with E-state index in [1.165, 1.54) is 0 Å². The zero-order valence-electron chi connectivity index (χ0n) is 10.1. The molecule has 98 valence electrons. The maximum absolute atomic E-state index is 10.5. The minimum Gasteiger partial charge on any atom is -0.480 e. The Labute approximate surface area is 112 Å². The first kappa shape index (κ1) is 13.3. The van der Waals surface area contributed by atoms with Crippen molar-refractivity contribution >= 4 is 17.6 Å². The van der Waals surface area contributed by atoms with Crippen molar-refractivity contribution in [3.05, 3.63) is 34.9 Å². The Bertz CT molecular complexity index is 425. The van der Waals surface area contributed by atoms with Crippen molar-refractivity contribution in [1.29, 1.82) is 0 Å². The summed E-state index contributed by atoms with van der Waals surface area (Å²) in [5.74, 6) is -0.806. The summed E-state index contributed by atoms with van der Waals surface area (Å²) in [6.07, 6.45) is 0.984. The molecule has 5 heteroatoms. The lowest BCUT2D eigenvalue weighted by Crippen LogP contribution is -2.35. The van der Waals surface area contributed by atoms with Crippen LogP contribution in [0.2, 0.25) is 5.02 Å². The number of carbonyl (C=O) groups is 1. The van der Waals surface area contributed by atoms with Crippen molar-refractivity contribution in [2.24, 2.45) is 0 Å². The molecule has 0 bridgehead atoms. The van der Waals surface area contributed by atoms with Crippen LogP contribution in [0.5, 0.6) is 0 Å². The fourth-order valence-electron chi connectivity index (χ4n) is 2.24. The third-order valence-electron chi connectivity index (χ3n) is 3.17. The zero-order valence-corrected chi connectivity index (χ0v) is 10.9. The second-order valence-corrected chi connectivity index (χ2v) is 4.99. The van der Waals surface area contributed by atoms with E-state index in [1.54, 1.807) is 0 Å². The number of hydrogen-bond donors (Lipinski definition) is 2. The molecule has 2 rings (SSSR count). The summed E-state index contributed by atoms with van der Waals surface area (Å²) in [4.78, 5) is 12.8. The predicted octanol–water partition coefficient (Wildman–Crippen LogP) is 1.59. The summed E-state index contributed by atoms with van der Waals surface area (Å²) in [5, 5.41) is 12.4. The molecule has 0 spiro atoms. The van der Waals surface area contributed by atoms with Gasteiger partial charge < -0.3 is 10.4 Å². The van der Waals surface area contributed by atoms with Crippen LogP contribution in [0.1, 0.15) is 12.0 Å². The van der Waals surface area contributed by atoms with Gasteiger partial charge >= 0.3 is 5.97 Å². The van der Waals surface area contributed by atoms with Gasteiger partial charge in [0.2, 0.25) is 0 Å². The molecule has 1 aromatic rings. The minimum atomic E-state index is -0.806. The summed E-state index contributed by atoms with van der Waals surface area (Å²) in [6.45, 7) is 2.70. The highest BCUT2D eigenvalue weighted by atomic mass is 35.5. The fraction of sp³-hybridized carbons (Fsp3) is 0.462. The summed E-state index contributed by atoms with van der Waals surface area (Å²) in [6, 6.07) is 8.10. The summed E-state index contributed by atoms with van der Waals surface area (Å²) in [7, 11) is 0. The molecule has 1 aromatic carbocycles.